The molecule has 0 radical (unpaired) electrons. The van der Waals surface area contributed by atoms with Crippen molar-refractivity contribution in [3.8, 4) is 5.75 Å². The van der Waals surface area contributed by atoms with Gasteiger partial charge in [-0.25, -0.2) is 18.4 Å². The molecule has 1 spiro atoms. The lowest BCUT2D eigenvalue weighted by Crippen LogP contribution is -2.52. The van der Waals surface area contributed by atoms with Gasteiger partial charge in [0.05, 0.1) is 11.8 Å². The second-order valence-corrected chi connectivity index (χ2v) is 10.5. The number of esters is 1. The molecule has 220 valence electrons. The lowest BCUT2D eigenvalue weighted by Gasteiger charge is -2.42. The molecule has 0 aliphatic carbocycles. The molecule has 2 N–H and O–H groups in total. The van der Waals surface area contributed by atoms with Crippen LogP contribution in [0.3, 0.4) is 0 Å². The van der Waals surface area contributed by atoms with E-state index in [2.05, 4.69) is 10.5 Å². The van der Waals surface area contributed by atoms with Crippen LogP contribution in [0, 0.1) is 11.6 Å². The van der Waals surface area contributed by atoms with Crippen molar-refractivity contribution < 1.29 is 42.6 Å². The van der Waals surface area contributed by atoms with E-state index in [4.69, 9.17) is 14.7 Å². The largest absolute Gasteiger partial charge is 0.478 e. The molecular weight excluding hydrogens is 558 g/mol. The van der Waals surface area contributed by atoms with Gasteiger partial charge < -0.3 is 29.5 Å². The number of hydrogen-bond donors (Lipinski definition) is 2. The number of fused-ring (bicyclic) bond motifs is 5. The van der Waals surface area contributed by atoms with Gasteiger partial charge in [-0.05, 0) is 32.8 Å². The number of carbonyl (C=O) groups is 4. The van der Waals surface area contributed by atoms with Gasteiger partial charge in [0.1, 0.15) is 17.2 Å². The van der Waals surface area contributed by atoms with Crippen LogP contribution in [-0.4, -0.2) is 62.2 Å². The highest BCUT2D eigenvalue weighted by Crippen LogP contribution is 2.46. The molecular formula is C28H26F2N4O8. The van der Waals surface area contributed by atoms with Crippen LogP contribution in [-0.2, 0) is 21.0 Å². The van der Waals surface area contributed by atoms with E-state index in [1.807, 2.05) is 6.92 Å². The quantitative estimate of drug-likeness (QED) is 0.387. The number of carboxylic acids is 1. The molecule has 0 saturated carbocycles. The van der Waals surface area contributed by atoms with Gasteiger partial charge in [0.2, 0.25) is 11.2 Å². The van der Waals surface area contributed by atoms with Crippen molar-refractivity contribution >= 4 is 29.5 Å². The predicted octanol–water partition coefficient (Wildman–Crippen LogP) is 2.32. The highest BCUT2D eigenvalue weighted by Gasteiger charge is 2.54. The van der Waals surface area contributed by atoms with Gasteiger partial charge in [0.15, 0.2) is 11.3 Å². The molecule has 42 heavy (non-hydrogen) atoms. The van der Waals surface area contributed by atoms with Gasteiger partial charge >= 0.3 is 11.9 Å². The normalized spacial score (nSPS) is 22.8. The number of halogens is 2. The molecule has 3 aliphatic heterocycles. The van der Waals surface area contributed by atoms with Crippen molar-refractivity contribution in [1.29, 1.82) is 0 Å². The number of aromatic nitrogens is 1. The number of ether oxygens (including phenoxy) is 1. The first-order valence-corrected chi connectivity index (χ1v) is 13.1. The number of hydrogen-bond acceptors (Lipinski definition) is 8. The van der Waals surface area contributed by atoms with Crippen molar-refractivity contribution in [3.63, 3.8) is 0 Å². The Morgan fingerprint density at radius 2 is 2.02 bits per heavy atom. The van der Waals surface area contributed by atoms with Crippen molar-refractivity contribution in [1.82, 2.24) is 14.8 Å². The number of amides is 2. The summed E-state index contributed by atoms with van der Waals surface area (Å²) in [4.78, 5) is 71.6. The molecule has 0 unspecified atom stereocenters. The Labute approximate surface area is 237 Å². The maximum atomic E-state index is 14.2. The van der Waals surface area contributed by atoms with E-state index in [1.165, 1.54) is 15.7 Å². The number of pyridine rings is 1. The molecule has 1 aromatic heterocycles. The first-order chi connectivity index (χ1) is 19.9. The molecule has 1 saturated heterocycles. The standard InChI is InChI=1S/C28H26F2N4O8/c1-14-10-28(42-32-14)8-7-15(2)33-13-20(28)34-12-18(26(39)31-11-16-3-4-17(29)9-19(16)30)24(38)25(23(34)27(33)40)41-22(37)6-5-21(35)36/h3-6,9,12,15,20H,7-8,10-11,13H2,1-2H3,(H,31,39)(H,35,36)/b6-5+/t15-,20+,28-/m0/s1. The average molecular weight is 585 g/mol. The van der Waals surface area contributed by atoms with Crippen LogP contribution in [0.15, 0.2) is 46.5 Å². The maximum Gasteiger partial charge on any atom is 0.336 e. The molecule has 2 bridgehead atoms. The lowest BCUT2D eigenvalue weighted by atomic mass is 9.84. The Kier molecular flexibility index (Phi) is 7.39. The van der Waals surface area contributed by atoms with Crippen LogP contribution in [0.5, 0.6) is 5.75 Å². The Bertz CT molecular complexity index is 1630. The summed E-state index contributed by atoms with van der Waals surface area (Å²) in [5.41, 5.74) is -2.24. The van der Waals surface area contributed by atoms with Crippen molar-refractivity contribution in [2.45, 2.75) is 57.3 Å². The fraction of sp³-hybridized carbons (Fsp3) is 0.357. The number of nitrogens with one attached hydrogen (secondary N) is 1. The zero-order valence-electron chi connectivity index (χ0n) is 22.6. The number of benzene rings is 1. The number of aliphatic carboxylic acids is 1. The number of rotatable bonds is 6. The van der Waals surface area contributed by atoms with Gasteiger partial charge in [-0.3, -0.25) is 14.4 Å². The first kappa shape index (κ1) is 28.6. The summed E-state index contributed by atoms with van der Waals surface area (Å²) in [7, 11) is 0. The first-order valence-electron chi connectivity index (χ1n) is 13.1. The number of carboxylic acid groups (broad SMARTS) is 1. The van der Waals surface area contributed by atoms with E-state index in [0.29, 0.717) is 43.2 Å². The Morgan fingerprint density at radius 1 is 1.26 bits per heavy atom. The van der Waals surface area contributed by atoms with Gasteiger partial charge in [0.25, 0.3) is 11.8 Å². The summed E-state index contributed by atoms with van der Waals surface area (Å²) in [6.07, 6.45) is 3.65. The second kappa shape index (κ2) is 10.8. The number of nitrogens with zero attached hydrogens (tertiary/aromatic N) is 3. The SMILES string of the molecule is CC1=NO[C@@]2(CC[C@H](C)N3C[C@H]2n2cc(C(=O)NCc4ccc(F)cc4F)c(=O)c(OC(=O)/C=C/C(=O)O)c2C3=O)C1. The highest BCUT2D eigenvalue weighted by molar-refractivity contribution is 6.01. The van der Waals surface area contributed by atoms with Crippen molar-refractivity contribution in [2.75, 3.05) is 6.54 Å². The summed E-state index contributed by atoms with van der Waals surface area (Å²) in [6.45, 7) is 3.36. The van der Waals surface area contributed by atoms with Crippen LogP contribution in [0.1, 0.15) is 65.6 Å². The monoisotopic (exact) mass is 584 g/mol. The van der Waals surface area contributed by atoms with Crippen LogP contribution in [0.4, 0.5) is 8.78 Å². The van der Waals surface area contributed by atoms with E-state index in [-0.39, 0.29) is 23.8 Å². The zero-order valence-corrected chi connectivity index (χ0v) is 22.6. The van der Waals surface area contributed by atoms with Crippen LogP contribution >= 0.6 is 0 Å². The summed E-state index contributed by atoms with van der Waals surface area (Å²) in [5, 5.41) is 15.4. The van der Waals surface area contributed by atoms with Crippen molar-refractivity contribution in [2.24, 2.45) is 5.16 Å². The van der Waals surface area contributed by atoms with Crippen LogP contribution < -0.4 is 15.5 Å². The zero-order chi connectivity index (χ0) is 30.3. The molecule has 2 amide bonds. The van der Waals surface area contributed by atoms with E-state index >= 15 is 0 Å². The Morgan fingerprint density at radius 3 is 2.69 bits per heavy atom. The summed E-state index contributed by atoms with van der Waals surface area (Å²) >= 11 is 0. The molecule has 1 aromatic carbocycles. The van der Waals surface area contributed by atoms with E-state index in [9.17, 15) is 32.8 Å². The van der Waals surface area contributed by atoms with Gasteiger partial charge in [-0.2, -0.15) is 0 Å². The molecule has 14 heteroatoms. The van der Waals surface area contributed by atoms with Gasteiger partial charge in [0, 0.05) is 55.5 Å². The summed E-state index contributed by atoms with van der Waals surface area (Å²) in [6, 6.07) is 1.85. The fourth-order valence-electron chi connectivity index (χ4n) is 5.58. The molecule has 2 aromatic rings. The third-order valence-corrected chi connectivity index (χ3v) is 7.69. The second-order valence-electron chi connectivity index (χ2n) is 10.5. The van der Waals surface area contributed by atoms with E-state index in [0.717, 1.165) is 12.1 Å². The third kappa shape index (κ3) is 5.15. The molecule has 4 heterocycles. The van der Waals surface area contributed by atoms with E-state index < -0.39 is 70.3 Å². The predicted molar refractivity (Wildman–Crippen MR) is 141 cm³/mol. The minimum Gasteiger partial charge on any atom is -0.478 e. The maximum absolute atomic E-state index is 14.2. The Balaban J connectivity index is 1.63. The highest BCUT2D eigenvalue weighted by atomic mass is 19.1. The van der Waals surface area contributed by atoms with Crippen LogP contribution in [0.25, 0.3) is 0 Å². The molecule has 5 rings (SSSR count). The number of carbonyl (C=O) groups excluding carboxylic acids is 3. The van der Waals surface area contributed by atoms with Crippen LogP contribution in [0.2, 0.25) is 0 Å². The van der Waals surface area contributed by atoms with Gasteiger partial charge in [-0.1, -0.05) is 11.2 Å². The minimum absolute atomic E-state index is 0.0530. The average Bonchev–Trinajstić information content (AvgIpc) is 3.26. The molecule has 3 aliphatic rings. The molecule has 12 nitrogen and oxygen atoms in total. The van der Waals surface area contributed by atoms with Crippen molar-refractivity contribution in [3.05, 3.63) is 75.2 Å². The Hall–Kier alpha value is -4.88. The minimum atomic E-state index is -1.45. The topological polar surface area (TPSA) is 157 Å². The lowest BCUT2D eigenvalue weighted by molar-refractivity contribution is -0.133. The fourth-order valence-corrected chi connectivity index (χ4v) is 5.58. The summed E-state index contributed by atoms with van der Waals surface area (Å²) < 4.78 is 34.1. The number of oxime groups is 1. The smallest absolute Gasteiger partial charge is 0.336 e. The third-order valence-electron chi connectivity index (χ3n) is 7.69. The summed E-state index contributed by atoms with van der Waals surface area (Å²) in [5.74, 6) is -6.82. The van der Waals surface area contributed by atoms with E-state index in [1.54, 1.807) is 6.92 Å². The molecule has 1 fully saturated rings. The van der Waals surface area contributed by atoms with Gasteiger partial charge in [-0.15, -0.1) is 0 Å². The molecule has 3 atom stereocenters.